The minimum atomic E-state index is -0.881. The second kappa shape index (κ2) is 12.0. The number of anilines is 1. The minimum absolute atomic E-state index is 0.124. The second-order valence-corrected chi connectivity index (χ2v) is 10.5. The lowest BCUT2D eigenvalue weighted by Gasteiger charge is -2.26. The predicted molar refractivity (Wildman–Crippen MR) is 146 cm³/mol. The number of carbonyl (C=O) groups excluding carboxylic acids is 2. The highest BCUT2D eigenvalue weighted by Gasteiger charge is 2.36. The van der Waals surface area contributed by atoms with E-state index in [1.54, 1.807) is 19.1 Å². The molecule has 210 valence electrons. The predicted octanol–water partition coefficient (Wildman–Crippen LogP) is 3.77. The number of aliphatic hydroxyl groups excluding tert-OH is 1. The molecule has 1 aromatic carbocycles. The molecule has 0 saturated carbocycles. The first-order chi connectivity index (χ1) is 19.2. The lowest BCUT2D eigenvalue weighted by molar-refractivity contribution is -0.126. The number of halogens is 3. The molecule has 40 heavy (non-hydrogen) atoms. The van der Waals surface area contributed by atoms with Crippen LogP contribution in [0.2, 0.25) is 10.0 Å². The number of amides is 2. The molecule has 0 aliphatic carbocycles. The van der Waals surface area contributed by atoms with Gasteiger partial charge in [0.15, 0.2) is 0 Å². The van der Waals surface area contributed by atoms with Gasteiger partial charge >= 0.3 is 0 Å². The molecule has 3 N–H and O–H groups in total. The van der Waals surface area contributed by atoms with E-state index in [-0.39, 0.29) is 28.3 Å². The Bertz CT molecular complexity index is 1440. The molecule has 13 heteroatoms. The third-order valence-electron chi connectivity index (χ3n) is 7.02. The summed E-state index contributed by atoms with van der Waals surface area (Å²) in [5.74, 6) is -1.11. The summed E-state index contributed by atoms with van der Waals surface area (Å²) >= 11 is 12.3. The van der Waals surface area contributed by atoms with Gasteiger partial charge in [-0.25, -0.2) is 19.3 Å². The molecule has 4 heterocycles. The first-order valence-corrected chi connectivity index (χ1v) is 13.5. The monoisotopic (exact) mass is 588 g/mol. The number of fused-ring (bicyclic) bond motifs is 1. The summed E-state index contributed by atoms with van der Waals surface area (Å²) in [7, 11) is 0. The van der Waals surface area contributed by atoms with Gasteiger partial charge in [0.1, 0.15) is 23.2 Å². The van der Waals surface area contributed by atoms with Gasteiger partial charge in [-0.1, -0.05) is 35.3 Å². The van der Waals surface area contributed by atoms with Crippen molar-refractivity contribution in [3.05, 3.63) is 69.2 Å². The third kappa shape index (κ3) is 5.87. The van der Waals surface area contributed by atoms with Gasteiger partial charge in [-0.2, -0.15) is 0 Å². The summed E-state index contributed by atoms with van der Waals surface area (Å²) in [6, 6.07) is 5.90. The minimum Gasteiger partial charge on any atom is -0.394 e. The number of carbonyl (C=O) groups is 2. The summed E-state index contributed by atoms with van der Waals surface area (Å²) < 4.78 is 18.9. The maximum Gasteiger partial charge on any atom is 0.273 e. The van der Waals surface area contributed by atoms with Crippen molar-refractivity contribution in [2.24, 2.45) is 0 Å². The molecule has 1 fully saturated rings. The van der Waals surface area contributed by atoms with Gasteiger partial charge in [-0.05, 0) is 43.5 Å². The standard InChI is InChI=1S/C27H27Cl2FN6O4/c1-14(25(38)34-22(13-37)15-2-4-20(30)18(28)10-15)36-12-16-3-5-21(33-23(16)26(36)39)24-19(29)11-31-27(35-24)32-17-6-8-40-9-7-17/h2-5,10-11,14,17,22,37H,6-9,12-13H2,1H3,(H,34,38)(H,31,32,35)/t14-,22-/m1/s1. The van der Waals surface area contributed by atoms with Crippen molar-refractivity contribution in [1.82, 2.24) is 25.2 Å². The topological polar surface area (TPSA) is 130 Å². The summed E-state index contributed by atoms with van der Waals surface area (Å²) in [5, 5.41) is 16.0. The van der Waals surface area contributed by atoms with Crippen molar-refractivity contribution in [3.8, 4) is 11.4 Å². The van der Waals surface area contributed by atoms with E-state index in [9.17, 15) is 19.1 Å². The Hall–Kier alpha value is -3.38. The Morgan fingerprint density at radius 1 is 1.18 bits per heavy atom. The van der Waals surface area contributed by atoms with E-state index in [1.165, 1.54) is 23.2 Å². The Morgan fingerprint density at radius 2 is 1.95 bits per heavy atom. The maximum atomic E-state index is 13.6. The van der Waals surface area contributed by atoms with E-state index in [4.69, 9.17) is 27.9 Å². The highest BCUT2D eigenvalue weighted by molar-refractivity contribution is 6.32. The van der Waals surface area contributed by atoms with E-state index in [2.05, 4.69) is 25.6 Å². The van der Waals surface area contributed by atoms with Crippen LogP contribution in [0.1, 0.15) is 47.4 Å². The second-order valence-electron chi connectivity index (χ2n) is 9.65. The summed E-state index contributed by atoms with van der Waals surface area (Å²) in [4.78, 5) is 41.2. The van der Waals surface area contributed by atoms with Gasteiger partial charge < -0.3 is 25.4 Å². The van der Waals surface area contributed by atoms with E-state index < -0.39 is 36.3 Å². The third-order valence-corrected chi connectivity index (χ3v) is 7.58. The molecule has 10 nitrogen and oxygen atoms in total. The van der Waals surface area contributed by atoms with E-state index >= 15 is 0 Å². The number of hydrogen-bond acceptors (Lipinski definition) is 8. The molecule has 2 aliphatic rings. The van der Waals surface area contributed by atoms with Crippen LogP contribution in [0.4, 0.5) is 10.3 Å². The Labute approximate surface area is 239 Å². The molecule has 2 aliphatic heterocycles. The normalized spacial score (nSPS) is 16.9. The highest BCUT2D eigenvalue weighted by atomic mass is 35.5. The van der Waals surface area contributed by atoms with Crippen LogP contribution >= 0.6 is 23.2 Å². The maximum absolute atomic E-state index is 13.6. The number of nitrogens with zero attached hydrogens (tertiary/aromatic N) is 4. The van der Waals surface area contributed by atoms with Crippen molar-refractivity contribution < 1.29 is 23.8 Å². The Kier molecular flexibility index (Phi) is 8.46. The van der Waals surface area contributed by atoms with Crippen LogP contribution in [-0.2, 0) is 16.1 Å². The van der Waals surface area contributed by atoms with Crippen LogP contribution in [0.5, 0.6) is 0 Å². The molecule has 2 aromatic heterocycles. The largest absolute Gasteiger partial charge is 0.394 e. The van der Waals surface area contributed by atoms with Gasteiger partial charge in [0.05, 0.1) is 34.6 Å². The fourth-order valence-corrected chi connectivity index (χ4v) is 5.05. The van der Waals surface area contributed by atoms with Gasteiger partial charge in [0.25, 0.3) is 5.91 Å². The molecule has 2 atom stereocenters. The van der Waals surface area contributed by atoms with Crippen molar-refractivity contribution in [1.29, 1.82) is 0 Å². The van der Waals surface area contributed by atoms with E-state index in [1.807, 2.05) is 0 Å². The van der Waals surface area contributed by atoms with Crippen LogP contribution in [0.15, 0.2) is 36.5 Å². The molecular weight excluding hydrogens is 562 g/mol. The number of aliphatic hydroxyl groups is 1. The molecule has 5 rings (SSSR count). The Morgan fingerprint density at radius 3 is 2.67 bits per heavy atom. The number of nitrogens with one attached hydrogen (secondary N) is 2. The molecule has 2 amide bonds. The van der Waals surface area contributed by atoms with Gasteiger partial charge in [-0.3, -0.25) is 9.59 Å². The average Bonchev–Trinajstić information content (AvgIpc) is 3.29. The van der Waals surface area contributed by atoms with Gasteiger partial charge in [-0.15, -0.1) is 0 Å². The van der Waals surface area contributed by atoms with Crippen LogP contribution < -0.4 is 10.6 Å². The van der Waals surface area contributed by atoms with Gasteiger partial charge in [0, 0.05) is 31.4 Å². The molecule has 0 spiro atoms. The van der Waals surface area contributed by atoms with Crippen molar-refractivity contribution in [2.75, 3.05) is 25.1 Å². The van der Waals surface area contributed by atoms with E-state index in [0.717, 1.165) is 18.9 Å². The fourth-order valence-electron chi connectivity index (χ4n) is 4.67. The lowest BCUT2D eigenvalue weighted by atomic mass is 10.1. The van der Waals surface area contributed by atoms with E-state index in [0.29, 0.717) is 41.7 Å². The van der Waals surface area contributed by atoms with Crippen molar-refractivity contribution in [2.45, 2.75) is 44.4 Å². The number of rotatable bonds is 8. The van der Waals surface area contributed by atoms with Crippen LogP contribution in [0, 0.1) is 5.82 Å². The SMILES string of the molecule is C[C@H](C(=O)N[C@H](CO)c1ccc(F)c(Cl)c1)N1Cc2ccc(-c3nc(NC4CCOCC4)ncc3Cl)nc2C1=O. The molecule has 1 saturated heterocycles. The number of aromatic nitrogens is 3. The molecule has 3 aromatic rings. The first kappa shape index (κ1) is 28.2. The highest BCUT2D eigenvalue weighted by Crippen LogP contribution is 2.30. The number of benzene rings is 1. The fraction of sp³-hybridized carbons (Fsp3) is 0.370. The Balaban J connectivity index is 1.31. The molecule has 0 unspecified atom stereocenters. The summed E-state index contributed by atoms with van der Waals surface area (Å²) in [6.45, 7) is 2.66. The van der Waals surface area contributed by atoms with Crippen LogP contribution in [0.3, 0.4) is 0 Å². The summed E-state index contributed by atoms with van der Waals surface area (Å²) in [6.07, 6.45) is 3.17. The van der Waals surface area contributed by atoms with Crippen molar-refractivity contribution >= 4 is 41.0 Å². The lowest BCUT2D eigenvalue weighted by Crippen LogP contribution is -2.46. The number of hydrogen-bond donors (Lipinski definition) is 3. The molecule has 0 bridgehead atoms. The van der Waals surface area contributed by atoms with Crippen LogP contribution in [0.25, 0.3) is 11.4 Å². The zero-order valence-electron chi connectivity index (χ0n) is 21.5. The zero-order chi connectivity index (χ0) is 28.4. The molecular formula is C27H27Cl2FN6O4. The smallest absolute Gasteiger partial charge is 0.273 e. The van der Waals surface area contributed by atoms with Gasteiger partial charge in [0.2, 0.25) is 11.9 Å². The molecule has 0 radical (unpaired) electrons. The van der Waals surface area contributed by atoms with Crippen LogP contribution in [-0.4, -0.2) is 68.7 Å². The zero-order valence-corrected chi connectivity index (χ0v) is 23.0. The number of pyridine rings is 1. The van der Waals surface area contributed by atoms with Crippen molar-refractivity contribution in [3.63, 3.8) is 0 Å². The summed E-state index contributed by atoms with van der Waals surface area (Å²) in [5.41, 5.74) is 2.08. The number of ether oxygens (including phenoxy) is 1. The first-order valence-electron chi connectivity index (χ1n) is 12.8. The quantitative estimate of drug-likeness (QED) is 0.362. The average molecular weight is 589 g/mol.